The van der Waals surface area contributed by atoms with Gasteiger partial charge in [0.25, 0.3) is 17.5 Å². The van der Waals surface area contributed by atoms with E-state index in [0.717, 1.165) is 18.2 Å². The van der Waals surface area contributed by atoms with Crippen LogP contribution in [0.3, 0.4) is 0 Å². The number of carbonyl (C=O) groups excluding carboxylic acids is 3. The Morgan fingerprint density at radius 3 is 2.50 bits per heavy atom. The average molecular weight is 438 g/mol. The van der Waals surface area contributed by atoms with Gasteiger partial charge in [-0.1, -0.05) is 11.6 Å². The maximum absolute atomic E-state index is 13.6. The first-order valence-corrected chi connectivity index (χ1v) is 9.07. The second kappa shape index (κ2) is 10.9. The van der Waals surface area contributed by atoms with Crippen LogP contribution in [0.25, 0.3) is 0 Å². The summed E-state index contributed by atoms with van der Waals surface area (Å²) in [7, 11) is 0. The van der Waals surface area contributed by atoms with E-state index in [0.29, 0.717) is 10.6 Å². The van der Waals surface area contributed by atoms with Gasteiger partial charge < -0.3 is 15.4 Å². The van der Waals surface area contributed by atoms with Gasteiger partial charge in [-0.25, -0.2) is 4.39 Å². The number of carbonyl (C=O) groups is 3. The Balaban J connectivity index is 1.68. The third-order valence-electron chi connectivity index (χ3n) is 3.75. The Morgan fingerprint density at radius 1 is 1.13 bits per heavy atom. The number of nitrogens with zero attached hydrogens (tertiary/aromatic N) is 1. The van der Waals surface area contributed by atoms with Crippen LogP contribution in [0.2, 0.25) is 5.02 Å². The fourth-order valence-corrected chi connectivity index (χ4v) is 2.39. The number of amides is 2. The molecule has 0 bridgehead atoms. The minimum Gasteiger partial charge on any atom is -0.456 e. The molecule has 158 valence electrons. The van der Waals surface area contributed by atoms with E-state index >= 15 is 0 Å². The molecule has 2 N–H and O–H groups in total. The number of nitro benzene ring substituents is 1. The summed E-state index contributed by atoms with van der Waals surface area (Å²) in [4.78, 5) is 45.3. The average Bonchev–Trinajstić information content (AvgIpc) is 2.71. The fourth-order valence-electron chi connectivity index (χ4n) is 2.27. The molecule has 2 aromatic carbocycles. The Bertz CT molecular complexity index is 952. The molecule has 0 fully saturated rings. The number of ether oxygens (including phenoxy) is 1. The van der Waals surface area contributed by atoms with E-state index in [1.165, 1.54) is 0 Å². The first kappa shape index (κ1) is 22.8. The Labute approximate surface area is 175 Å². The van der Waals surface area contributed by atoms with E-state index in [2.05, 4.69) is 10.6 Å². The van der Waals surface area contributed by atoms with Gasteiger partial charge in [0.15, 0.2) is 6.61 Å². The smallest absolute Gasteiger partial charge is 0.306 e. The van der Waals surface area contributed by atoms with E-state index in [1.54, 1.807) is 24.3 Å². The number of nitrogens with one attached hydrogen (secondary N) is 2. The molecule has 0 saturated carbocycles. The number of hydrogen-bond acceptors (Lipinski definition) is 6. The van der Waals surface area contributed by atoms with Crippen molar-refractivity contribution in [1.82, 2.24) is 5.32 Å². The lowest BCUT2D eigenvalue weighted by molar-refractivity contribution is -0.384. The van der Waals surface area contributed by atoms with Crippen LogP contribution < -0.4 is 10.6 Å². The van der Waals surface area contributed by atoms with Gasteiger partial charge in [0.2, 0.25) is 0 Å². The minimum atomic E-state index is -0.864. The lowest BCUT2D eigenvalue weighted by atomic mass is 10.2. The summed E-state index contributed by atoms with van der Waals surface area (Å²) in [6.45, 7) is -0.472. The van der Waals surface area contributed by atoms with Crippen LogP contribution in [-0.4, -0.2) is 35.9 Å². The number of hydrogen-bond donors (Lipinski definition) is 2. The Kier molecular flexibility index (Phi) is 8.24. The Morgan fingerprint density at radius 2 is 1.83 bits per heavy atom. The second-order valence-corrected chi connectivity index (χ2v) is 6.43. The SMILES string of the molecule is O=C(COC(=O)CCCNC(=O)c1ccc(Cl)cc1)Nc1cc([N+](=O)[O-])ccc1F. The van der Waals surface area contributed by atoms with Crippen molar-refractivity contribution in [1.29, 1.82) is 0 Å². The lowest BCUT2D eigenvalue weighted by Crippen LogP contribution is -2.25. The highest BCUT2D eigenvalue weighted by Gasteiger charge is 2.14. The van der Waals surface area contributed by atoms with Crippen LogP contribution in [-0.2, 0) is 14.3 Å². The Hall–Kier alpha value is -3.53. The van der Waals surface area contributed by atoms with Gasteiger partial charge >= 0.3 is 5.97 Å². The number of anilines is 1. The number of non-ortho nitro benzene ring substituents is 1. The molecule has 0 aliphatic carbocycles. The maximum Gasteiger partial charge on any atom is 0.306 e. The van der Waals surface area contributed by atoms with Crippen LogP contribution in [0.15, 0.2) is 42.5 Å². The quantitative estimate of drug-likeness (QED) is 0.268. The van der Waals surface area contributed by atoms with Crippen LogP contribution >= 0.6 is 11.6 Å². The van der Waals surface area contributed by atoms with E-state index in [9.17, 15) is 28.9 Å². The van der Waals surface area contributed by atoms with Crippen molar-refractivity contribution in [2.75, 3.05) is 18.5 Å². The molecule has 0 heterocycles. The van der Waals surface area contributed by atoms with Crippen molar-refractivity contribution >= 4 is 40.8 Å². The normalized spacial score (nSPS) is 10.2. The summed E-state index contributed by atoms with van der Waals surface area (Å²) in [5.41, 5.74) is -0.369. The predicted molar refractivity (Wildman–Crippen MR) is 106 cm³/mol. The van der Waals surface area contributed by atoms with Crippen molar-refractivity contribution in [2.24, 2.45) is 0 Å². The van der Waals surface area contributed by atoms with Crippen molar-refractivity contribution < 1.29 is 28.4 Å². The van der Waals surface area contributed by atoms with Crippen LogP contribution in [0.4, 0.5) is 15.8 Å². The minimum absolute atomic E-state index is 0.0562. The highest BCUT2D eigenvalue weighted by atomic mass is 35.5. The molecular formula is C19H17ClFN3O6. The predicted octanol–water partition coefficient (Wildman–Crippen LogP) is 3.08. The largest absolute Gasteiger partial charge is 0.456 e. The summed E-state index contributed by atoms with van der Waals surface area (Å²) in [6, 6.07) is 8.95. The molecule has 0 aliphatic heterocycles. The molecule has 0 radical (unpaired) electrons. The number of rotatable bonds is 9. The summed E-state index contributed by atoms with van der Waals surface area (Å²) in [5.74, 6) is -2.72. The monoisotopic (exact) mass is 437 g/mol. The molecular weight excluding hydrogens is 421 g/mol. The van der Waals surface area contributed by atoms with Gasteiger partial charge in [0.1, 0.15) is 5.82 Å². The molecule has 0 aliphatic rings. The van der Waals surface area contributed by atoms with Gasteiger partial charge in [-0.15, -0.1) is 0 Å². The van der Waals surface area contributed by atoms with Gasteiger partial charge in [-0.3, -0.25) is 24.5 Å². The molecule has 2 rings (SSSR count). The van der Waals surface area contributed by atoms with E-state index in [-0.39, 0.29) is 25.3 Å². The number of halogens is 2. The van der Waals surface area contributed by atoms with Crippen molar-refractivity contribution in [3.8, 4) is 0 Å². The van der Waals surface area contributed by atoms with Crippen LogP contribution in [0, 0.1) is 15.9 Å². The molecule has 9 nitrogen and oxygen atoms in total. The molecule has 0 atom stereocenters. The fraction of sp³-hybridized carbons (Fsp3) is 0.211. The van der Waals surface area contributed by atoms with Gasteiger partial charge in [0, 0.05) is 35.7 Å². The van der Waals surface area contributed by atoms with Crippen LogP contribution in [0.5, 0.6) is 0 Å². The summed E-state index contributed by atoms with van der Waals surface area (Å²) < 4.78 is 18.4. The zero-order chi connectivity index (χ0) is 22.1. The van der Waals surface area contributed by atoms with Crippen LogP contribution in [0.1, 0.15) is 23.2 Å². The van der Waals surface area contributed by atoms with Gasteiger partial charge in [-0.2, -0.15) is 0 Å². The number of benzene rings is 2. The zero-order valence-electron chi connectivity index (χ0n) is 15.5. The first-order chi connectivity index (χ1) is 14.3. The molecule has 0 saturated heterocycles. The number of esters is 1. The summed E-state index contributed by atoms with van der Waals surface area (Å²) in [6.07, 6.45) is 0.221. The van der Waals surface area contributed by atoms with Crippen molar-refractivity contribution in [3.63, 3.8) is 0 Å². The molecule has 0 spiro atoms. The van der Waals surface area contributed by atoms with Gasteiger partial charge in [0.05, 0.1) is 10.6 Å². The van der Waals surface area contributed by atoms with E-state index in [1.807, 2.05) is 0 Å². The van der Waals surface area contributed by atoms with Gasteiger partial charge in [-0.05, 0) is 36.8 Å². The highest BCUT2D eigenvalue weighted by molar-refractivity contribution is 6.30. The molecule has 30 heavy (non-hydrogen) atoms. The highest BCUT2D eigenvalue weighted by Crippen LogP contribution is 2.21. The van der Waals surface area contributed by atoms with Crippen molar-refractivity contribution in [2.45, 2.75) is 12.8 Å². The molecule has 0 unspecified atom stereocenters. The first-order valence-electron chi connectivity index (χ1n) is 8.69. The lowest BCUT2D eigenvalue weighted by Gasteiger charge is -2.08. The topological polar surface area (TPSA) is 128 Å². The molecule has 2 aromatic rings. The van der Waals surface area contributed by atoms with Crippen molar-refractivity contribution in [3.05, 3.63) is 69.0 Å². The molecule has 11 heteroatoms. The summed E-state index contributed by atoms with van der Waals surface area (Å²) in [5, 5.41) is 15.9. The maximum atomic E-state index is 13.6. The third kappa shape index (κ3) is 7.13. The molecule has 2 amide bonds. The second-order valence-electron chi connectivity index (χ2n) is 6.00. The zero-order valence-corrected chi connectivity index (χ0v) is 16.3. The molecule has 0 aromatic heterocycles. The standard InChI is InChI=1S/C19H17ClFN3O6/c20-13-5-3-12(4-6-13)19(27)22-9-1-2-18(26)30-11-17(25)23-16-10-14(24(28)29)7-8-15(16)21/h3-8,10H,1-2,9,11H2,(H,22,27)(H,23,25). The number of nitro groups is 1. The summed E-state index contributed by atoms with van der Waals surface area (Å²) >= 11 is 5.75. The third-order valence-corrected chi connectivity index (χ3v) is 4.00. The van der Waals surface area contributed by atoms with E-state index < -0.39 is 40.6 Å². The van der Waals surface area contributed by atoms with E-state index in [4.69, 9.17) is 16.3 Å².